The van der Waals surface area contributed by atoms with Crippen molar-refractivity contribution in [2.24, 2.45) is 11.3 Å². The van der Waals surface area contributed by atoms with Gasteiger partial charge >= 0.3 is 13.6 Å². The van der Waals surface area contributed by atoms with E-state index in [9.17, 15) is 24.4 Å². The van der Waals surface area contributed by atoms with E-state index in [0.717, 1.165) is 16.0 Å². The predicted molar refractivity (Wildman–Crippen MR) is 159 cm³/mol. The third-order valence-electron chi connectivity index (χ3n) is 6.61. The van der Waals surface area contributed by atoms with Crippen LogP contribution in [-0.2, 0) is 23.4 Å². The predicted octanol–water partition coefficient (Wildman–Crippen LogP) is 4.58. The Kier molecular flexibility index (Phi) is 8.63. The highest BCUT2D eigenvalue weighted by Crippen LogP contribution is 2.52. The number of aliphatic hydroxyl groups is 2. The van der Waals surface area contributed by atoms with E-state index in [1.807, 2.05) is 39.0 Å². The van der Waals surface area contributed by atoms with Crippen molar-refractivity contribution in [3.05, 3.63) is 69.9 Å². The van der Waals surface area contributed by atoms with Gasteiger partial charge in [0.2, 0.25) is 0 Å². The van der Waals surface area contributed by atoms with E-state index in [0.29, 0.717) is 5.39 Å². The first-order chi connectivity index (χ1) is 20.3. The van der Waals surface area contributed by atoms with Crippen LogP contribution < -0.4 is 10.1 Å². The van der Waals surface area contributed by atoms with E-state index >= 15 is 0 Å². The maximum Gasteiger partial charge on any atom is 0.380 e. The van der Waals surface area contributed by atoms with Crippen molar-refractivity contribution in [2.45, 2.75) is 58.7 Å². The quantitative estimate of drug-likeness (QED) is 0.167. The van der Waals surface area contributed by atoms with Crippen molar-refractivity contribution < 1.29 is 40.8 Å². The fourth-order valence-electron chi connectivity index (χ4n) is 4.35. The summed E-state index contributed by atoms with van der Waals surface area (Å²) in [6, 6.07) is 13.2. The molecule has 0 bridgehead atoms. The highest BCUT2D eigenvalue weighted by atomic mass is 32.1. The summed E-state index contributed by atoms with van der Waals surface area (Å²) in [5.41, 5.74) is -2.98. The van der Waals surface area contributed by atoms with Gasteiger partial charge in [-0.05, 0) is 36.0 Å². The summed E-state index contributed by atoms with van der Waals surface area (Å²) < 4.78 is 55.7. The number of fused-ring (bicyclic) bond motifs is 1. The van der Waals surface area contributed by atoms with Crippen LogP contribution in [0.15, 0.2) is 59.5 Å². The van der Waals surface area contributed by atoms with E-state index in [2.05, 4.69) is 4.98 Å². The molecule has 0 radical (unpaired) electrons. The molecule has 13 heteroatoms. The summed E-state index contributed by atoms with van der Waals surface area (Å²) in [6.45, 7) is 5.36. The second-order valence-electron chi connectivity index (χ2n) is 11.7. The van der Waals surface area contributed by atoms with Crippen LogP contribution in [0.5, 0.6) is 5.75 Å². The Balaban J connectivity index is 1.68. The number of aromatic amines is 1. The summed E-state index contributed by atoms with van der Waals surface area (Å²) in [7, 11) is -4.59. The average Bonchev–Trinajstić information content (AvgIpc) is 3.15. The lowest BCUT2D eigenvalue weighted by molar-refractivity contribution is -0.150. The lowest BCUT2D eigenvalue weighted by Gasteiger charge is -2.28. The molecule has 42 heavy (non-hydrogen) atoms. The number of carbonyl (C=O) groups is 1. The molecule has 0 amide bonds. The van der Waals surface area contributed by atoms with Crippen molar-refractivity contribution in [1.82, 2.24) is 9.55 Å². The molecular formula is C29H37N2O9PS. The molecule has 1 unspecified atom stereocenters. The molecule has 0 aliphatic carbocycles. The van der Waals surface area contributed by atoms with E-state index in [-0.39, 0.29) is 22.5 Å². The standard InChI is InChI=1S/C29H37N2O9PS/c1-18(25(34)37-17-28(2,3)4)16-41(36,40-21-12-8-10-19-9-6-7-11-20(19)21)38-15-22-24(33)29(5,35)26(39-22)31-14-13-23(32)30-27(31)42/h6-14,18,22,24,26,33,35H,15-17H2,1-5H3,(H,30,32,42)/t18-,22-,24+,26-,29?,41-/m1/s1/i15D2. The van der Waals surface area contributed by atoms with E-state index in [4.69, 9.17) is 33.5 Å². The van der Waals surface area contributed by atoms with Gasteiger partial charge in [0.15, 0.2) is 11.0 Å². The fraction of sp³-hybridized carbons (Fsp3) is 0.483. The van der Waals surface area contributed by atoms with Crippen molar-refractivity contribution in [2.75, 3.05) is 19.3 Å². The lowest BCUT2D eigenvalue weighted by atomic mass is 9.96. The first-order valence-electron chi connectivity index (χ1n) is 14.3. The number of nitrogens with one attached hydrogen (secondary N) is 1. The van der Waals surface area contributed by atoms with Gasteiger partial charge < -0.3 is 24.2 Å². The third kappa shape index (κ3) is 7.37. The van der Waals surface area contributed by atoms with Gasteiger partial charge in [-0.2, -0.15) is 0 Å². The molecule has 1 saturated heterocycles. The zero-order chi connectivity index (χ0) is 32.7. The molecule has 1 fully saturated rings. The second-order valence-corrected chi connectivity index (χ2v) is 14.1. The molecule has 1 aromatic heterocycles. The Hall–Kier alpha value is -2.86. The Bertz CT molecular complexity index is 1680. The summed E-state index contributed by atoms with van der Waals surface area (Å²) in [6.07, 6.45) is -4.65. The number of ether oxygens (including phenoxy) is 2. The molecule has 4 rings (SSSR count). The SMILES string of the molecule is [2H]C([2H])(O[P@](=O)(C[C@@H](C)C(=O)OCC(C)(C)C)Oc1cccc2ccccc12)[C@H]1O[C@@H](n2ccc(=O)[nH]c2=S)C(C)(O)[C@H]1O. The molecule has 2 aromatic carbocycles. The van der Waals surface area contributed by atoms with Crippen LogP contribution in [0.1, 0.15) is 43.6 Å². The van der Waals surface area contributed by atoms with Gasteiger partial charge in [0, 0.05) is 17.6 Å². The fourth-order valence-corrected chi connectivity index (χ4v) is 6.33. The monoisotopic (exact) mass is 622 g/mol. The minimum absolute atomic E-state index is 0.0954. The Labute approximate surface area is 251 Å². The van der Waals surface area contributed by atoms with E-state index in [1.54, 1.807) is 18.2 Å². The maximum absolute atomic E-state index is 14.5. The van der Waals surface area contributed by atoms with Gasteiger partial charge in [0.1, 0.15) is 23.6 Å². The van der Waals surface area contributed by atoms with Gasteiger partial charge in [-0.15, -0.1) is 0 Å². The molecule has 1 aliphatic rings. The van der Waals surface area contributed by atoms with Gasteiger partial charge in [-0.3, -0.25) is 23.7 Å². The van der Waals surface area contributed by atoms with E-state index in [1.165, 1.54) is 26.1 Å². The Morgan fingerprint density at radius 1 is 1.26 bits per heavy atom. The highest BCUT2D eigenvalue weighted by molar-refractivity contribution is 7.71. The van der Waals surface area contributed by atoms with Crippen molar-refractivity contribution in [1.29, 1.82) is 0 Å². The molecule has 0 spiro atoms. The smallest absolute Gasteiger partial charge is 0.380 e. The van der Waals surface area contributed by atoms with Gasteiger partial charge in [-0.1, -0.05) is 64.1 Å². The molecule has 11 nitrogen and oxygen atoms in total. The topological polar surface area (TPSA) is 149 Å². The number of aromatic nitrogens is 2. The second kappa shape index (κ2) is 12.4. The minimum atomic E-state index is -4.59. The zero-order valence-electron chi connectivity index (χ0n) is 26.0. The molecule has 1 aliphatic heterocycles. The van der Waals surface area contributed by atoms with E-state index < -0.39 is 61.8 Å². The number of benzene rings is 2. The van der Waals surface area contributed by atoms with Crippen molar-refractivity contribution in [3.63, 3.8) is 0 Å². The average molecular weight is 623 g/mol. The number of esters is 1. The van der Waals surface area contributed by atoms with Crippen LogP contribution >= 0.6 is 19.8 Å². The first-order valence-corrected chi connectivity index (χ1v) is 15.5. The first kappa shape index (κ1) is 29.2. The Morgan fingerprint density at radius 2 is 1.95 bits per heavy atom. The van der Waals surface area contributed by atoms with Crippen LogP contribution in [-0.4, -0.2) is 62.9 Å². The number of hydrogen-bond donors (Lipinski definition) is 3. The molecule has 3 aromatic rings. The van der Waals surface area contributed by atoms with Crippen LogP contribution in [0.2, 0.25) is 0 Å². The van der Waals surface area contributed by atoms with Crippen molar-refractivity contribution >= 4 is 36.6 Å². The summed E-state index contributed by atoms with van der Waals surface area (Å²) >= 11 is 5.17. The van der Waals surface area contributed by atoms with Crippen molar-refractivity contribution in [3.8, 4) is 5.75 Å². The number of nitrogens with zero attached hydrogens (tertiary/aromatic N) is 1. The number of carbonyl (C=O) groups excluding carboxylic acids is 1. The van der Waals surface area contributed by atoms with Crippen LogP contribution in [0.3, 0.4) is 0 Å². The van der Waals surface area contributed by atoms with Crippen LogP contribution in [0.25, 0.3) is 10.8 Å². The summed E-state index contributed by atoms with van der Waals surface area (Å²) in [5, 5.41) is 23.6. The van der Waals surface area contributed by atoms with Crippen LogP contribution in [0.4, 0.5) is 0 Å². The Morgan fingerprint density at radius 3 is 2.64 bits per heavy atom. The minimum Gasteiger partial charge on any atom is -0.465 e. The largest absolute Gasteiger partial charge is 0.465 e. The highest BCUT2D eigenvalue weighted by Gasteiger charge is 2.53. The molecular weight excluding hydrogens is 583 g/mol. The normalized spacial score (nSPS) is 25.7. The molecule has 2 heterocycles. The maximum atomic E-state index is 14.5. The number of aliphatic hydroxyl groups excluding tert-OH is 1. The van der Waals surface area contributed by atoms with Gasteiger partial charge in [-0.25, -0.2) is 4.57 Å². The molecule has 228 valence electrons. The summed E-state index contributed by atoms with van der Waals surface area (Å²) in [5.74, 6) is -1.60. The van der Waals surface area contributed by atoms with Crippen LogP contribution in [0, 0.1) is 16.1 Å². The molecule has 0 saturated carbocycles. The number of H-pyrrole nitrogens is 1. The number of rotatable bonds is 10. The molecule has 3 N–H and O–H groups in total. The zero-order valence-corrected chi connectivity index (χ0v) is 25.7. The number of hydrogen-bond acceptors (Lipinski definition) is 10. The van der Waals surface area contributed by atoms with Gasteiger partial charge in [0.05, 0.1) is 28.0 Å². The summed E-state index contributed by atoms with van der Waals surface area (Å²) in [4.78, 5) is 26.9. The lowest BCUT2D eigenvalue weighted by Crippen LogP contribution is -2.44. The molecule has 6 atom stereocenters. The third-order valence-corrected chi connectivity index (χ3v) is 8.77. The van der Waals surface area contributed by atoms with Gasteiger partial charge in [0.25, 0.3) is 5.56 Å².